The molecule has 214 valence electrons. The van der Waals surface area contributed by atoms with Gasteiger partial charge in [0, 0.05) is 31.1 Å². The molecule has 0 bridgehead atoms. The lowest BCUT2D eigenvalue weighted by Crippen LogP contribution is -2.53. The zero-order chi connectivity index (χ0) is 29.1. The Balaban J connectivity index is 2.05. The lowest BCUT2D eigenvalue weighted by molar-refractivity contribution is -0.140. The van der Waals surface area contributed by atoms with Crippen LogP contribution in [-0.2, 0) is 32.6 Å². The van der Waals surface area contributed by atoms with Gasteiger partial charge in [-0.1, -0.05) is 67.9 Å². The smallest absolute Gasteiger partial charge is 0.244 e. The third kappa shape index (κ3) is 8.54. The Morgan fingerprint density at radius 1 is 1.00 bits per heavy atom. The van der Waals surface area contributed by atoms with Gasteiger partial charge in [0.05, 0.1) is 19.1 Å². The number of halogens is 1. The lowest BCUT2D eigenvalue weighted by atomic mass is 10.0. The number of hydrogen-bond acceptors (Lipinski definition) is 5. The fourth-order valence-corrected chi connectivity index (χ4v) is 5.09. The fourth-order valence-electron chi connectivity index (χ4n) is 4.25. The summed E-state index contributed by atoms with van der Waals surface area (Å²) in [5.74, 6) is -1.16. The van der Waals surface area contributed by atoms with E-state index in [4.69, 9.17) is 4.74 Å². The first-order valence-electron chi connectivity index (χ1n) is 13.1. The average molecular weight is 570 g/mol. The van der Waals surface area contributed by atoms with Gasteiger partial charge in [-0.05, 0) is 30.2 Å². The Kier molecular flexibility index (Phi) is 11.1. The molecule has 1 N–H and O–H groups in total. The Labute approximate surface area is 235 Å². The predicted octanol–water partition coefficient (Wildman–Crippen LogP) is 4.16. The highest BCUT2D eigenvalue weighted by Crippen LogP contribution is 2.24. The monoisotopic (exact) mass is 569 g/mol. The molecule has 3 rings (SSSR count). The highest BCUT2D eigenvalue weighted by molar-refractivity contribution is 7.92. The van der Waals surface area contributed by atoms with Crippen molar-refractivity contribution < 1.29 is 27.1 Å². The summed E-state index contributed by atoms with van der Waals surface area (Å²) in [5.41, 5.74) is 1.24. The number of nitrogens with one attached hydrogen (secondary N) is 1. The number of unbranched alkanes of at least 4 members (excludes halogenated alkanes) is 1. The van der Waals surface area contributed by atoms with Gasteiger partial charge in [0.25, 0.3) is 0 Å². The summed E-state index contributed by atoms with van der Waals surface area (Å²) in [6.45, 7) is 1.61. The second kappa shape index (κ2) is 14.5. The molecule has 0 heterocycles. The van der Waals surface area contributed by atoms with Crippen LogP contribution in [0.1, 0.15) is 30.9 Å². The first-order valence-corrected chi connectivity index (χ1v) is 14.9. The molecular formula is C30H36FN3O5S. The van der Waals surface area contributed by atoms with E-state index in [0.717, 1.165) is 29.0 Å². The van der Waals surface area contributed by atoms with E-state index in [2.05, 4.69) is 5.32 Å². The SMILES string of the molecule is CCCCNC(=O)C(Cc1ccccc1)N(Cc1ccccc1F)C(=O)CN(c1cccc(OC)c1)S(C)(=O)=O. The Morgan fingerprint density at radius 3 is 2.35 bits per heavy atom. The Hall–Kier alpha value is -3.92. The summed E-state index contributed by atoms with van der Waals surface area (Å²) in [4.78, 5) is 28.8. The molecule has 0 aliphatic carbocycles. The minimum Gasteiger partial charge on any atom is -0.497 e. The van der Waals surface area contributed by atoms with Crippen molar-refractivity contribution in [1.29, 1.82) is 0 Å². The van der Waals surface area contributed by atoms with Crippen LogP contribution in [0.15, 0.2) is 78.9 Å². The molecular weight excluding hydrogens is 533 g/mol. The maximum atomic E-state index is 14.8. The second-order valence-electron chi connectivity index (χ2n) is 9.43. The van der Waals surface area contributed by atoms with Crippen LogP contribution in [0.25, 0.3) is 0 Å². The molecule has 2 amide bonds. The topological polar surface area (TPSA) is 96.0 Å². The standard InChI is InChI=1S/C30H36FN3O5S/c1-4-5-18-32-30(36)28(19-23-12-7-6-8-13-23)33(21-24-14-9-10-17-27(24)31)29(35)22-34(40(3,37)38)25-15-11-16-26(20-25)39-2/h6-17,20,28H,4-5,18-19,21-22H2,1-3H3,(H,32,36). The third-order valence-corrected chi connectivity index (χ3v) is 7.56. The van der Waals surface area contributed by atoms with Crippen LogP contribution in [0.5, 0.6) is 5.75 Å². The number of anilines is 1. The number of carbonyl (C=O) groups is 2. The molecule has 0 saturated carbocycles. The molecule has 40 heavy (non-hydrogen) atoms. The van der Waals surface area contributed by atoms with E-state index in [0.29, 0.717) is 12.3 Å². The van der Waals surface area contributed by atoms with Crippen molar-refractivity contribution in [3.63, 3.8) is 0 Å². The number of sulfonamides is 1. The molecule has 0 aliphatic heterocycles. The van der Waals surface area contributed by atoms with Crippen molar-refractivity contribution in [2.75, 3.05) is 30.8 Å². The first-order chi connectivity index (χ1) is 19.1. The van der Waals surface area contributed by atoms with Crippen molar-refractivity contribution in [2.45, 2.75) is 38.8 Å². The van der Waals surface area contributed by atoms with Gasteiger partial charge in [0.15, 0.2) is 0 Å². The van der Waals surface area contributed by atoms with Crippen LogP contribution < -0.4 is 14.4 Å². The van der Waals surface area contributed by atoms with Crippen molar-refractivity contribution in [1.82, 2.24) is 10.2 Å². The van der Waals surface area contributed by atoms with Gasteiger partial charge in [0.2, 0.25) is 21.8 Å². The summed E-state index contributed by atoms with van der Waals surface area (Å²) >= 11 is 0. The molecule has 10 heteroatoms. The Morgan fingerprint density at radius 2 is 1.70 bits per heavy atom. The van der Waals surface area contributed by atoms with E-state index < -0.39 is 40.2 Å². The number of hydrogen-bond donors (Lipinski definition) is 1. The maximum Gasteiger partial charge on any atom is 0.244 e. The van der Waals surface area contributed by atoms with Gasteiger partial charge in [-0.25, -0.2) is 12.8 Å². The van der Waals surface area contributed by atoms with Crippen LogP contribution in [0.3, 0.4) is 0 Å². The van der Waals surface area contributed by atoms with Crippen LogP contribution in [0.4, 0.5) is 10.1 Å². The van der Waals surface area contributed by atoms with E-state index in [1.807, 2.05) is 37.3 Å². The van der Waals surface area contributed by atoms with Crippen molar-refractivity contribution >= 4 is 27.5 Å². The maximum absolute atomic E-state index is 14.8. The van der Waals surface area contributed by atoms with E-state index >= 15 is 0 Å². The minimum atomic E-state index is -3.92. The van der Waals surface area contributed by atoms with E-state index in [-0.39, 0.29) is 24.2 Å². The van der Waals surface area contributed by atoms with E-state index in [9.17, 15) is 22.4 Å². The zero-order valence-corrected chi connectivity index (χ0v) is 23.9. The number of benzene rings is 3. The second-order valence-corrected chi connectivity index (χ2v) is 11.3. The molecule has 1 unspecified atom stereocenters. The normalized spacial score (nSPS) is 11.9. The number of methoxy groups -OCH3 is 1. The van der Waals surface area contributed by atoms with Crippen molar-refractivity contribution in [2.24, 2.45) is 0 Å². The summed E-state index contributed by atoms with van der Waals surface area (Å²) in [7, 11) is -2.46. The molecule has 3 aromatic carbocycles. The lowest BCUT2D eigenvalue weighted by Gasteiger charge is -2.33. The molecule has 3 aromatic rings. The summed E-state index contributed by atoms with van der Waals surface area (Å²) in [6.07, 6.45) is 2.78. The van der Waals surface area contributed by atoms with Crippen molar-refractivity contribution in [3.8, 4) is 5.75 Å². The van der Waals surface area contributed by atoms with Gasteiger partial charge in [-0.15, -0.1) is 0 Å². The minimum absolute atomic E-state index is 0.164. The number of carbonyl (C=O) groups excluding carboxylic acids is 2. The van der Waals surface area contributed by atoms with Gasteiger partial charge < -0.3 is 15.0 Å². The number of nitrogens with zero attached hydrogens (tertiary/aromatic N) is 2. The van der Waals surface area contributed by atoms with Gasteiger partial charge in [-0.2, -0.15) is 0 Å². The van der Waals surface area contributed by atoms with Gasteiger partial charge >= 0.3 is 0 Å². The summed E-state index contributed by atoms with van der Waals surface area (Å²) in [5, 5.41) is 2.90. The van der Waals surface area contributed by atoms with Crippen molar-refractivity contribution in [3.05, 3.63) is 95.8 Å². The highest BCUT2D eigenvalue weighted by Gasteiger charge is 2.33. The highest BCUT2D eigenvalue weighted by atomic mass is 32.2. The number of rotatable bonds is 14. The molecule has 0 radical (unpaired) electrons. The largest absolute Gasteiger partial charge is 0.497 e. The van der Waals surface area contributed by atoms with Gasteiger partial charge in [-0.3, -0.25) is 13.9 Å². The molecule has 0 aliphatic rings. The first kappa shape index (κ1) is 30.6. The fraction of sp³-hybridized carbons (Fsp3) is 0.333. The van der Waals surface area contributed by atoms with E-state index in [1.54, 1.807) is 30.3 Å². The quantitative estimate of drug-likeness (QED) is 0.294. The summed E-state index contributed by atoms with van der Waals surface area (Å²) < 4.78 is 46.7. The molecule has 0 saturated heterocycles. The van der Waals surface area contributed by atoms with Crippen LogP contribution in [0.2, 0.25) is 0 Å². The van der Waals surface area contributed by atoms with Gasteiger partial charge in [0.1, 0.15) is 24.2 Å². The molecule has 0 aromatic heterocycles. The van der Waals surface area contributed by atoms with Crippen LogP contribution in [-0.4, -0.2) is 57.6 Å². The number of ether oxygens (including phenoxy) is 1. The Bertz CT molecular complexity index is 1380. The zero-order valence-electron chi connectivity index (χ0n) is 23.0. The summed E-state index contributed by atoms with van der Waals surface area (Å²) in [6, 6.07) is 20.5. The molecule has 0 spiro atoms. The molecule has 0 fully saturated rings. The van der Waals surface area contributed by atoms with Crippen LogP contribution in [0, 0.1) is 5.82 Å². The third-order valence-electron chi connectivity index (χ3n) is 6.42. The molecule has 8 nitrogen and oxygen atoms in total. The van der Waals surface area contributed by atoms with Crippen LogP contribution >= 0.6 is 0 Å². The average Bonchev–Trinajstić information content (AvgIpc) is 2.94. The molecule has 1 atom stereocenters. The number of amides is 2. The van der Waals surface area contributed by atoms with E-state index in [1.165, 1.54) is 30.2 Å². The predicted molar refractivity (Wildman–Crippen MR) is 154 cm³/mol.